The standard InChI is InChI=1S/C11H18O/c1-8-9-3-4-10(7-9)11(8)5-6-12-2/h3-4,8-11H,5-7H2,1-2H3. The molecule has 1 fully saturated rings. The molecule has 0 heterocycles. The summed E-state index contributed by atoms with van der Waals surface area (Å²) in [4.78, 5) is 0. The van der Waals surface area contributed by atoms with E-state index in [-0.39, 0.29) is 0 Å². The van der Waals surface area contributed by atoms with Gasteiger partial charge in [0.25, 0.3) is 0 Å². The van der Waals surface area contributed by atoms with Gasteiger partial charge < -0.3 is 4.74 Å². The van der Waals surface area contributed by atoms with Crippen LogP contribution in [0.5, 0.6) is 0 Å². The van der Waals surface area contributed by atoms with Gasteiger partial charge in [0.2, 0.25) is 0 Å². The van der Waals surface area contributed by atoms with Gasteiger partial charge >= 0.3 is 0 Å². The highest BCUT2D eigenvalue weighted by Crippen LogP contribution is 2.48. The number of hydrogen-bond donors (Lipinski definition) is 0. The lowest BCUT2D eigenvalue weighted by Gasteiger charge is -2.24. The summed E-state index contributed by atoms with van der Waals surface area (Å²) in [5.41, 5.74) is 0. The zero-order valence-electron chi connectivity index (χ0n) is 7.99. The number of rotatable bonds is 3. The van der Waals surface area contributed by atoms with Gasteiger partial charge in [0, 0.05) is 13.7 Å². The van der Waals surface area contributed by atoms with E-state index in [1.54, 1.807) is 7.11 Å². The van der Waals surface area contributed by atoms with Crippen LogP contribution in [0.2, 0.25) is 0 Å². The Morgan fingerprint density at radius 2 is 2.08 bits per heavy atom. The Kier molecular flexibility index (Phi) is 2.22. The first-order valence-corrected chi connectivity index (χ1v) is 5.00. The summed E-state index contributed by atoms with van der Waals surface area (Å²) in [6, 6.07) is 0. The SMILES string of the molecule is COCCC1C2C=CC(C2)C1C. The van der Waals surface area contributed by atoms with E-state index in [4.69, 9.17) is 4.74 Å². The van der Waals surface area contributed by atoms with Crippen molar-refractivity contribution < 1.29 is 4.74 Å². The van der Waals surface area contributed by atoms with Crippen LogP contribution >= 0.6 is 0 Å². The fourth-order valence-electron chi connectivity index (χ4n) is 2.90. The highest BCUT2D eigenvalue weighted by Gasteiger charge is 2.41. The molecule has 0 amide bonds. The van der Waals surface area contributed by atoms with Crippen LogP contribution in [0.1, 0.15) is 19.8 Å². The van der Waals surface area contributed by atoms with E-state index in [2.05, 4.69) is 19.1 Å². The Balaban J connectivity index is 1.94. The van der Waals surface area contributed by atoms with Gasteiger partial charge in [-0.05, 0) is 36.5 Å². The Labute approximate surface area is 74.8 Å². The van der Waals surface area contributed by atoms with Gasteiger partial charge in [-0.15, -0.1) is 0 Å². The van der Waals surface area contributed by atoms with E-state index in [0.717, 1.165) is 30.3 Å². The third-order valence-corrected chi connectivity index (χ3v) is 3.71. The fraction of sp³-hybridized carbons (Fsp3) is 0.818. The molecule has 0 aromatic heterocycles. The van der Waals surface area contributed by atoms with Crippen LogP contribution in [-0.2, 0) is 4.74 Å². The summed E-state index contributed by atoms with van der Waals surface area (Å²) in [6.45, 7) is 3.33. The molecular formula is C11H18O. The van der Waals surface area contributed by atoms with Gasteiger partial charge in [-0.2, -0.15) is 0 Å². The van der Waals surface area contributed by atoms with Crippen molar-refractivity contribution in [3.05, 3.63) is 12.2 Å². The monoisotopic (exact) mass is 166 g/mol. The molecule has 12 heavy (non-hydrogen) atoms. The van der Waals surface area contributed by atoms with Gasteiger partial charge in [0.05, 0.1) is 0 Å². The maximum Gasteiger partial charge on any atom is 0.0465 e. The van der Waals surface area contributed by atoms with Gasteiger partial charge in [-0.25, -0.2) is 0 Å². The summed E-state index contributed by atoms with van der Waals surface area (Å²) >= 11 is 0. The lowest BCUT2D eigenvalue weighted by molar-refractivity contribution is 0.158. The quantitative estimate of drug-likeness (QED) is 0.585. The fourth-order valence-corrected chi connectivity index (χ4v) is 2.90. The Hall–Kier alpha value is -0.300. The van der Waals surface area contributed by atoms with Crippen molar-refractivity contribution in [1.29, 1.82) is 0 Å². The number of fused-ring (bicyclic) bond motifs is 2. The Morgan fingerprint density at radius 1 is 1.33 bits per heavy atom. The van der Waals surface area contributed by atoms with Crippen LogP contribution in [0.3, 0.4) is 0 Å². The minimum Gasteiger partial charge on any atom is -0.385 e. The maximum atomic E-state index is 5.14. The van der Waals surface area contributed by atoms with Crippen molar-refractivity contribution in [2.24, 2.45) is 23.7 Å². The largest absolute Gasteiger partial charge is 0.385 e. The molecule has 0 spiro atoms. The topological polar surface area (TPSA) is 9.23 Å². The zero-order chi connectivity index (χ0) is 8.55. The van der Waals surface area contributed by atoms with E-state index < -0.39 is 0 Å². The highest BCUT2D eigenvalue weighted by molar-refractivity contribution is 5.12. The van der Waals surface area contributed by atoms with Crippen LogP contribution in [-0.4, -0.2) is 13.7 Å². The number of ether oxygens (including phenoxy) is 1. The average molecular weight is 166 g/mol. The van der Waals surface area contributed by atoms with Crippen molar-refractivity contribution in [2.75, 3.05) is 13.7 Å². The first kappa shape index (κ1) is 8.31. The highest BCUT2D eigenvalue weighted by atomic mass is 16.5. The molecule has 0 radical (unpaired) electrons. The maximum absolute atomic E-state index is 5.14. The van der Waals surface area contributed by atoms with Crippen molar-refractivity contribution >= 4 is 0 Å². The molecule has 0 aromatic carbocycles. The number of allylic oxidation sites excluding steroid dienone is 2. The van der Waals surface area contributed by atoms with Crippen molar-refractivity contribution in [1.82, 2.24) is 0 Å². The lowest BCUT2D eigenvalue weighted by atomic mass is 9.82. The lowest BCUT2D eigenvalue weighted by Crippen LogP contribution is -2.18. The van der Waals surface area contributed by atoms with Crippen molar-refractivity contribution in [2.45, 2.75) is 19.8 Å². The second-order valence-electron chi connectivity index (χ2n) is 4.25. The minimum absolute atomic E-state index is 0.875. The van der Waals surface area contributed by atoms with Crippen LogP contribution in [0.15, 0.2) is 12.2 Å². The molecule has 0 N–H and O–H groups in total. The molecule has 0 saturated heterocycles. The molecule has 1 heteroatoms. The Morgan fingerprint density at radius 3 is 2.67 bits per heavy atom. The smallest absolute Gasteiger partial charge is 0.0465 e. The molecule has 2 rings (SSSR count). The third-order valence-electron chi connectivity index (χ3n) is 3.71. The minimum atomic E-state index is 0.875. The Bertz CT molecular complexity index is 185. The van der Waals surface area contributed by atoms with Crippen LogP contribution in [0, 0.1) is 23.7 Å². The third kappa shape index (κ3) is 1.20. The first-order valence-electron chi connectivity index (χ1n) is 5.00. The molecule has 4 atom stereocenters. The second-order valence-corrected chi connectivity index (χ2v) is 4.25. The summed E-state index contributed by atoms with van der Waals surface area (Å²) in [6.07, 6.45) is 7.50. The van der Waals surface area contributed by atoms with Gasteiger partial charge in [0.1, 0.15) is 0 Å². The normalized spacial score (nSPS) is 44.2. The zero-order valence-corrected chi connectivity index (χ0v) is 7.99. The predicted octanol–water partition coefficient (Wildman–Crippen LogP) is 2.48. The predicted molar refractivity (Wildman–Crippen MR) is 49.9 cm³/mol. The molecule has 2 aliphatic carbocycles. The molecule has 1 nitrogen and oxygen atoms in total. The van der Waals surface area contributed by atoms with Crippen molar-refractivity contribution in [3.63, 3.8) is 0 Å². The molecule has 2 bridgehead atoms. The average Bonchev–Trinajstić information content (AvgIpc) is 2.62. The van der Waals surface area contributed by atoms with Crippen LogP contribution in [0.25, 0.3) is 0 Å². The summed E-state index contributed by atoms with van der Waals surface area (Å²) in [7, 11) is 1.80. The molecule has 4 unspecified atom stereocenters. The summed E-state index contributed by atoms with van der Waals surface area (Å²) < 4.78 is 5.14. The molecule has 0 aliphatic heterocycles. The van der Waals surface area contributed by atoms with Crippen molar-refractivity contribution in [3.8, 4) is 0 Å². The number of methoxy groups -OCH3 is 1. The van der Waals surface area contributed by atoms with E-state index in [9.17, 15) is 0 Å². The molecule has 1 saturated carbocycles. The molecule has 0 aromatic rings. The van der Waals surface area contributed by atoms with E-state index in [1.807, 2.05) is 0 Å². The summed E-state index contributed by atoms with van der Waals surface area (Å²) in [5.74, 6) is 3.56. The van der Waals surface area contributed by atoms with Crippen LogP contribution < -0.4 is 0 Å². The molecular weight excluding hydrogens is 148 g/mol. The molecule has 68 valence electrons. The first-order chi connectivity index (χ1) is 5.83. The van der Waals surface area contributed by atoms with E-state index in [1.165, 1.54) is 12.8 Å². The van der Waals surface area contributed by atoms with E-state index >= 15 is 0 Å². The second kappa shape index (κ2) is 3.21. The van der Waals surface area contributed by atoms with Gasteiger partial charge in [0.15, 0.2) is 0 Å². The van der Waals surface area contributed by atoms with Gasteiger partial charge in [-0.1, -0.05) is 19.1 Å². The van der Waals surface area contributed by atoms with Gasteiger partial charge in [-0.3, -0.25) is 0 Å². The van der Waals surface area contributed by atoms with E-state index in [0.29, 0.717) is 0 Å². The number of hydrogen-bond acceptors (Lipinski definition) is 1. The summed E-state index contributed by atoms with van der Waals surface area (Å²) in [5, 5.41) is 0. The molecule has 2 aliphatic rings. The van der Waals surface area contributed by atoms with Crippen LogP contribution in [0.4, 0.5) is 0 Å².